The Labute approximate surface area is 192 Å². The summed E-state index contributed by atoms with van der Waals surface area (Å²) in [5.74, 6) is -0.362. The van der Waals surface area contributed by atoms with Crippen LogP contribution < -0.4 is 15.4 Å². The zero-order valence-corrected chi connectivity index (χ0v) is 18.9. The van der Waals surface area contributed by atoms with E-state index in [1.165, 1.54) is 6.07 Å². The predicted molar refractivity (Wildman–Crippen MR) is 124 cm³/mol. The number of amides is 2. The highest BCUT2D eigenvalue weighted by molar-refractivity contribution is 7.90. The second-order valence-corrected chi connectivity index (χ2v) is 9.41. The van der Waals surface area contributed by atoms with Crippen molar-refractivity contribution in [3.63, 3.8) is 0 Å². The minimum atomic E-state index is -3.67. The van der Waals surface area contributed by atoms with E-state index >= 15 is 0 Å². The van der Waals surface area contributed by atoms with E-state index in [1.807, 2.05) is 4.90 Å². The Bertz CT molecular complexity index is 1170. The van der Waals surface area contributed by atoms with Gasteiger partial charge >= 0.3 is 0 Å². The van der Waals surface area contributed by atoms with Gasteiger partial charge in [-0.1, -0.05) is 12.1 Å². The van der Waals surface area contributed by atoms with Crippen LogP contribution in [0.15, 0.2) is 58.4 Å². The number of nitrogens with one attached hydrogen (secondary N) is 3. The number of hydrogen-bond acceptors (Lipinski definition) is 7. The van der Waals surface area contributed by atoms with Crippen molar-refractivity contribution in [2.24, 2.45) is 4.99 Å². The van der Waals surface area contributed by atoms with Gasteiger partial charge in [0.15, 0.2) is 0 Å². The number of benzene rings is 2. The molecule has 1 fully saturated rings. The van der Waals surface area contributed by atoms with Gasteiger partial charge in [-0.15, -0.1) is 0 Å². The number of fused-ring (bicyclic) bond motifs is 1. The Balaban J connectivity index is 1.34. The lowest BCUT2D eigenvalue weighted by Crippen LogP contribution is -2.41. The minimum absolute atomic E-state index is 0.113. The van der Waals surface area contributed by atoms with E-state index in [-0.39, 0.29) is 16.6 Å². The Morgan fingerprint density at radius 1 is 1.06 bits per heavy atom. The summed E-state index contributed by atoms with van der Waals surface area (Å²) < 4.78 is 32.1. The first-order valence-electron chi connectivity index (χ1n) is 10.5. The third kappa shape index (κ3) is 5.56. The summed E-state index contributed by atoms with van der Waals surface area (Å²) in [6.07, 6.45) is 0. The number of amidine groups is 1. The van der Waals surface area contributed by atoms with Crippen molar-refractivity contribution in [1.29, 1.82) is 0 Å². The van der Waals surface area contributed by atoms with Crippen LogP contribution in [0.4, 0.5) is 11.4 Å². The Morgan fingerprint density at radius 3 is 2.39 bits per heavy atom. The van der Waals surface area contributed by atoms with Crippen molar-refractivity contribution < 1.29 is 22.7 Å². The average molecular weight is 472 g/mol. The number of anilines is 2. The van der Waals surface area contributed by atoms with Gasteiger partial charge in [-0.3, -0.25) is 24.2 Å². The molecular weight excluding hydrogens is 446 g/mol. The van der Waals surface area contributed by atoms with Crippen LogP contribution in [0.5, 0.6) is 0 Å². The largest absolute Gasteiger partial charge is 0.379 e. The summed E-state index contributed by atoms with van der Waals surface area (Å²) in [6.45, 7) is 4.60. The molecule has 2 amide bonds. The number of sulfonamides is 1. The van der Waals surface area contributed by atoms with Crippen LogP contribution >= 0.6 is 0 Å². The van der Waals surface area contributed by atoms with E-state index < -0.39 is 22.0 Å². The molecular formula is C22H25N5O5S. The van der Waals surface area contributed by atoms with E-state index in [0.717, 1.165) is 13.1 Å². The van der Waals surface area contributed by atoms with Gasteiger partial charge in [0.2, 0.25) is 11.8 Å². The topological polar surface area (TPSA) is 129 Å². The second kappa shape index (κ2) is 9.69. The van der Waals surface area contributed by atoms with Gasteiger partial charge in [-0.2, -0.15) is 0 Å². The molecule has 1 atom stereocenters. The molecule has 33 heavy (non-hydrogen) atoms. The number of ether oxygens (including phenoxy) is 1. The molecule has 4 rings (SSSR count). The van der Waals surface area contributed by atoms with E-state index in [4.69, 9.17) is 4.74 Å². The monoisotopic (exact) mass is 471 g/mol. The van der Waals surface area contributed by atoms with Gasteiger partial charge in [0.05, 0.1) is 24.7 Å². The molecule has 11 heteroatoms. The van der Waals surface area contributed by atoms with Gasteiger partial charge in [-0.05, 0) is 43.3 Å². The van der Waals surface area contributed by atoms with Crippen LogP contribution in [0, 0.1) is 0 Å². The van der Waals surface area contributed by atoms with E-state index in [1.54, 1.807) is 49.4 Å². The third-order valence-corrected chi connectivity index (χ3v) is 6.67. The minimum Gasteiger partial charge on any atom is -0.379 e. The zero-order valence-electron chi connectivity index (χ0n) is 18.1. The molecule has 2 aromatic rings. The van der Waals surface area contributed by atoms with Crippen LogP contribution in [0.2, 0.25) is 0 Å². The Morgan fingerprint density at radius 2 is 1.70 bits per heavy atom. The second-order valence-electron chi connectivity index (χ2n) is 7.76. The maximum absolute atomic E-state index is 12.6. The highest BCUT2D eigenvalue weighted by Crippen LogP contribution is 2.23. The molecule has 2 heterocycles. The molecule has 0 bridgehead atoms. The number of nitrogens with zero attached hydrogens (tertiary/aromatic N) is 2. The third-order valence-electron chi connectivity index (χ3n) is 5.27. The first kappa shape index (κ1) is 22.9. The number of carbonyl (C=O) groups excluding carboxylic acids is 2. The SMILES string of the molecule is C[C@H](N=C1NS(=O)(=O)c2ccccc21)C(=O)Nc1ccc(NC(=O)CN2CCOCC2)cc1. The number of rotatable bonds is 6. The van der Waals surface area contributed by atoms with Crippen LogP contribution in [-0.2, 0) is 24.3 Å². The number of morpholine rings is 1. The fourth-order valence-electron chi connectivity index (χ4n) is 3.53. The molecule has 10 nitrogen and oxygen atoms in total. The molecule has 3 N–H and O–H groups in total. The summed E-state index contributed by atoms with van der Waals surface area (Å²) in [5, 5.41) is 5.59. The molecule has 2 aromatic carbocycles. The molecule has 0 spiro atoms. The summed E-state index contributed by atoms with van der Waals surface area (Å²) in [4.78, 5) is 31.2. The molecule has 2 aliphatic rings. The molecule has 2 aliphatic heterocycles. The number of carbonyl (C=O) groups is 2. The molecule has 0 radical (unpaired) electrons. The molecule has 0 aromatic heterocycles. The lowest BCUT2D eigenvalue weighted by Gasteiger charge is -2.25. The zero-order chi connectivity index (χ0) is 23.4. The number of hydrogen-bond donors (Lipinski definition) is 3. The van der Waals surface area contributed by atoms with Gasteiger partial charge in [-0.25, -0.2) is 8.42 Å². The van der Waals surface area contributed by atoms with Gasteiger partial charge in [0, 0.05) is 30.0 Å². The van der Waals surface area contributed by atoms with Crippen LogP contribution in [0.25, 0.3) is 0 Å². The van der Waals surface area contributed by atoms with Crippen LogP contribution in [0.3, 0.4) is 0 Å². The van der Waals surface area contributed by atoms with Gasteiger partial charge in [0.1, 0.15) is 11.9 Å². The highest BCUT2D eigenvalue weighted by Gasteiger charge is 2.31. The first-order chi connectivity index (χ1) is 15.8. The van der Waals surface area contributed by atoms with Crippen molar-refractivity contribution in [1.82, 2.24) is 9.62 Å². The fraction of sp³-hybridized carbons (Fsp3) is 0.318. The van der Waals surface area contributed by atoms with Gasteiger partial charge < -0.3 is 15.4 Å². The maximum Gasteiger partial charge on any atom is 0.263 e. The lowest BCUT2D eigenvalue weighted by atomic mass is 10.2. The van der Waals surface area contributed by atoms with Crippen LogP contribution in [-0.4, -0.2) is 69.9 Å². The van der Waals surface area contributed by atoms with E-state index in [9.17, 15) is 18.0 Å². The molecule has 0 aliphatic carbocycles. The van der Waals surface area contributed by atoms with Crippen molar-refractivity contribution in [3.8, 4) is 0 Å². The molecule has 0 unspecified atom stereocenters. The summed E-state index contributed by atoms with van der Waals surface area (Å²) in [7, 11) is -3.67. The number of aliphatic imine (C=N–C) groups is 1. The Hall–Kier alpha value is -3.28. The van der Waals surface area contributed by atoms with Crippen LogP contribution in [0.1, 0.15) is 12.5 Å². The fourth-order valence-corrected chi connectivity index (χ4v) is 4.77. The molecule has 0 saturated carbocycles. The first-order valence-corrected chi connectivity index (χ1v) is 12.0. The quantitative estimate of drug-likeness (QED) is 0.577. The van der Waals surface area contributed by atoms with E-state index in [2.05, 4.69) is 20.3 Å². The standard InChI is InChI=1S/C22H25N5O5S/c1-15(23-21-18-4-2-3-5-19(18)33(30,31)26-21)22(29)25-17-8-6-16(7-9-17)24-20(28)14-27-10-12-32-13-11-27/h2-9,15H,10-14H2,1H3,(H,23,26)(H,24,28)(H,25,29)/t15-/m0/s1. The molecule has 174 valence electrons. The smallest absolute Gasteiger partial charge is 0.263 e. The summed E-state index contributed by atoms with van der Waals surface area (Å²) in [5.41, 5.74) is 1.59. The van der Waals surface area contributed by atoms with Gasteiger partial charge in [0.25, 0.3) is 10.0 Å². The average Bonchev–Trinajstić information content (AvgIpc) is 3.05. The van der Waals surface area contributed by atoms with E-state index in [0.29, 0.717) is 36.7 Å². The summed E-state index contributed by atoms with van der Waals surface area (Å²) >= 11 is 0. The Kier molecular flexibility index (Phi) is 6.72. The normalized spacial score (nSPS) is 19.4. The van der Waals surface area contributed by atoms with Crippen molar-refractivity contribution in [3.05, 3.63) is 54.1 Å². The maximum atomic E-state index is 12.6. The van der Waals surface area contributed by atoms with Crippen molar-refractivity contribution in [2.45, 2.75) is 17.9 Å². The predicted octanol–water partition coefficient (Wildman–Crippen LogP) is 1.02. The highest BCUT2D eigenvalue weighted by atomic mass is 32.2. The lowest BCUT2D eigenvalue weighted by molar-refractivity contribution is -0.118. The summed E-state index contributed by atoms with van der Waals surface area (Å²) in [6, 6.07) is 12.4. The van der Waals surface area contributed by atoms with Crippen molar-refractivity contribution >= 4 is 39.0 Å². The van der Waals surface area contributed by atoms with Crippen molar-refractivity contribution in [2.75, 3.05) is 43.5 Å². The molecule has 1 saturated heterocycles.